The van der Waals surface area contributed by atoms with Gasteiger partial charge in [0.2, 0.25) is 0 Å². The van der Waals surface area contributed by atoms with Crippen molar-refractivity contribution in [3.63, 3.8) is 0 Å². The maximum absolute atomic E-state index is 12.8. The number of carbonyl (C=O) groups is 3. The van der Waals surface area contributed by atoms with E-state index in [1.54, 1.807) is 0 Å². The van der Waals surface area contributed by atoms with Gasteiger partial charge >= 0.3 is 17.9 Å². The van der Waals surface area contributed by atoms with Crippen LogP contribution >= 0.6 is 0 Å². The highest BCUT2D eigenvalue weighted by atomic mass is 16.6. The summed E-state index contributed by atoms with van der Waals surface area (Å²) in [5.74, 6) is -1.07. The van der Waals surface area contributed by atoms with E-state index in [4.69, 9.17) is 14.2 Å². The molecule has 0 aliphatic rings. The number of unbranched alkanes of at least 4 members (excludes halogenated alkanes) is 13. The standard InChI is InChI=1S/C58H92O6/c1-4-7-10-13-16-19-22-25-27-28-29-31-33-36-39-42-45-48-51-57(60)63-54-55(53-62-56(59)50-47-44-41-38-35-32-24-21-18-15-12-9-6-3)64-58(61)52-49-46-43-40-37-34-30-26-23-20-17-14-11-8-5-2/h8-9,11-12,17-22,26-28,30,32,35,37,40-41,44,55H,4-7,10,13-16,23-25,29,31,33-34,36,38-39,42-43,45-54H2,1-3H3/b11-8-,12-9-,20-17-,21-18-,22-19-,28-27-,30-26-,35-32-,40-37-,44-41-. The zero-order valence-electron chi connectivity index (χ0n) is 41.0. The summed E-state index contributed by atoms with van der Waals surface area (Å²) in [6, 6.07) is 0. The molecule has 6 nitrogen and oxygen atoms in total. The van der Waals surface area contributed by atoms with Gasteiger partial charge in [-0.2, -0.15) is 0 Å². The molecule has 0 aromatic rings. The van der Waals surface area contributed by atoms with E-state index in [9.17, 15) is 14.4 Å². The molecule has 0 amide bonds. The Hall–Kier alpha value is -4.19. The molecule has 0 saturated carbocycles. The molecule has 0 radical (unpaired) electrons. The first-order valence-electron chi connectivity index (χ1n) is 25.5. The number of allylic oxidation sites excluding steroid dienone is 20. The Morgan fingerprint density at radius 2 is 0.641 bits per heavy atom. The molecule has 0 aromatic carbocycles. The Labute approximate surface area is 392 Å². The van der Waals surface area contributed by atoms with Crippen LogP contribution in [0.1, 0.15) is 207 Å². The molecule has 0 fully saturated rings. The topological polar surface area (TPSA) is 78.9 Å². The average Bonchev–Trinajstić information content (AvgIpc) is 3.29. The highest BCUT2D eigenvalue weighted by Gasteiger charge is 2.19. The van der Waals surface area contributed by atoms with Crippen molar-refractivity contribution in [2.45, 2.75) is 213 Å². The lowest BCUT2D eigenvalue weighted by atomic mass is 10.1. The number of hydrogen-bond acceptors (Lipinski definition) is 6. The fraction of sp³-hybridized carbons (Fsp3) is 0.603. The van der Waals surface area contributed by atoms with Crippen LogP contribution in [0.3, 0.4) is 0 Å². The van der Waals surface area contributed by atoms with Gasteiger partial charge in [-0.05, 0) is 116 Å². The predicted octanol–water partition coefficient (Wildman–Crippen LogP) is 16.9. The predicted molar refractivity (Wildman–Crippen MR) is 274 cm³/mol. The van der Waals surface area contributed by atoms with Crippen LogP contribution < -0.4 is 0 Å². The molecule has 0 aliphatic carbocycles. The zero-order chi connectivity index (χ0) is 46.5. The van der Waals surface area contributed by atoms with E-state index in [1.807, 2.05) is 12.2 Å². The third-order valence-electron chi connectivity index (χ3n) is 10.2. The Bertz CT molecular complexity index is 1390. The molecule has 64 heavy (non-hydrogen) atoms. The largest absolute Gasteiger partial charge is 0.462 e. The van der Waals surface area contributed by atoms with Gasteiger partial charge in [-0.3, -0.25) is 14.4 Å². The number of carbonyl (C=O) groups excluding carboxylic acids is 3. The third kappa shape index (κ3) is 48.8. The molecule has 1 unspecified atom stereocenters. The van der Waals surface area contributed by atoms with Crippen LogP contribution in [0.5, 0.6) is 0 Å². The van der Waals surface area contributed by atoms with Crippen molar-refractivity contribution in [1.82, 2.24) is 0 Å². The fourth-order valence-corrected chi connectivity index (χ4v) is 6.42. The molecule has 0 aromatic heterocycles. The van der Waals surface area contributed by atoms with Crippen molar-refractivity contribution in [3.8, 4) is 0 Å². The smallest absolute Gasteiger partial charge is 0.306 e. The van der Waals surface area contributed by atoms with E-state index in [2.05, 4.69) is 130 Å². The molecule has 6 heteroatoms. The van der Waals surface area contributed by atoms with Gasteiger partial charge in [0, 0.05) is 19.3 Å². The lowest BCUT2D eigenvalue weighted by molar-refractivity contribution is -0.166. The second-order valence-electron chi connectivity index (χ2n) is 16.3. The maximum atomic E-state index is 12.8. The molecule has 0 rings (SSSR count). The normalized spacial score (nSPS) is 13.1. The van der Waals surface area contributed by atoms with E-state index in [-0.39, 0.29) is 44.0 Å². The van der Waals surface area contributed by atoms with Gasteiger partial charge in [0.25, 0.3) is 0 Å². The average molecular weight is 885 g/mol. The summed E-state index contributed by atoms with van der Waals surface area (Å²) in [7, 11) is 0. The summed E-state index contributed by atoms with van der Waals surface area (Å²) in [5, 5.41) is 0. The van der Waals surface area contributed by atoms with Gasteiger partial charge < -0.3 is 14.2 Å². The van der Waals surface area contributed by atoms with Crippen LogP contribution in [-0.2, 0) is 28.6 Å². The first-order valence-corrected chi connectivity index (χ1v) is 25.5. The van der Waals surface area contributed by atoms with E-state index in [0.29, 0.717) is 19.3 Å². The molecular weight excluding hydrogens is 793 g/mol. The molecule has 360 valence electrons. The van der Waals surface area contributed by atoms with Crippen LogP contribution in [0.4, 0.5) is 0 Å². The first kappa shape index (κ1) is 59.8. The maximum Gasteiger partial charge on any atom is 0.306 e. The van der Waals surface area contributed by atoms with E-state index < -0.39 is 6.10 Å². The van der Waals surface area contributed by atoms with Crippen LogP contribution in [0.2, 0.25) is 0 Å². The van der Waals surface area contributed by atoms with Gasteiger partial charge in [0.05, 0.1) is 0 Å². The Morgan fingerprint density at radius 1 is 0.328 bits per heavy atom. The van der Waals surface area contributed by atoms with Crippen LogP contribution in [0, 0.1) is 0 Å². The molecule has 0 bridgehead atoms. The Morgan fingerprint density at radius 3 is 1.08 bits per heavy atom. The Kier molecular flexibility index (Phi) is 48.1. The van der Waals surface area contributed by atoms with Crippen LogP contribution in [0.25, 0.3) is 0 Å². The van der Waals surface area contributed by atoms with E-state index in [0.717, 1.165) is 96.3 Å². The monoisotopic (exact) mass is 885 g/mol. The minimum absolute atomic E-state index is 0.125. The van der Waals surface area contributed by atoms with Crippen molar-refractivity contribution < 1.29 is 28.6 Å². The zero-order valence-corrected chi connectivity index (χ0v) is 41.0. The van der Waals surface area contributed by atoms with Crippen molar-refractivity contribution >= 4 is 17.9 Å². The van der Waals surface area contributed by atoms with Gasteiger partial charge in [-0.15, -0.1) is 0 Å². The minimum Gasteiger partial charge on any atom is -0.462 e. The summed E-state index contributed by atoms with van der Waals surface area (Å²) in [6.07, 6.45) is 70.5. The molecule has 0 N–H and O–H groups in total. The molecule has 0 spiro atoms. The van der Waals surface area contributed by atoms with Crippen LogP contribution in [0.15, 0.2) is 122 Å². The highest BCUT2D eigenvalue weighted by molar-refractivity contribution is 5.71. The molecular formula is C58H92O6. The third-order valence-corrected chi connectivity index (χ3v) is 10.2. The summed E-state index contributed by atoms with van der Waals surface area (Å²) in [4.78, 5) is 37.9. The van der Waals surface area contributed by atoms with E-state index >= 15 is 0 Å². The van der Waals surface area contributed by atoms with E-state index in [1.165, 1.54) is 57.8 Å². The summed E-state index contributed by atoms with van der Waals surface area (Å²) in [5.41, 5.74) is 0. The van der Waals surface area contributed by atoms with Gasteiger partial charge in [0.1, 0.15) is 13.2 Å². The van der Waals surface area contributed by atoms with Crippen molar-refractivity contribution in [2.24, 2.45) is 0 Å². The SMILES string of the molecule is CC/C=C\C/C=C\C/C=C\C/C=C\CCCCC(=O)OC(COC(=O)CC/C=C\C/C=C\C/C=C\C/C=C\CC)COC(=O)CCCCCCCCC/C=C\C/C=C\CCCCCC. The first-order chi connectivity index (χ1) is 31.5. The van der Waals surface area contributed by atoms with Crippen LogP contribution in [-0.4, -0.2) is 37.2 Å². The molecule has 0 aliphatic heterocycles. The highest BCUT2D eigenvalue weighted by Crippen LogP contribution is 2.12. The fourth-order valence-electron chi connectivity index (χ4n) is 6.42. The second-order valence-corrected chi connectivity index (χ2v) is 16.3. The number of ether oxygens (including phenoxy) is 3. The van der Waals surface area contributed by atoms with Gasteiger partial charge in [0.15, 0.2) is 6.10 Å². The summed E-state index contributed by atoms with van der Waals surface area (Å²) < 4.78 is 16.7. The van der Waals surface area contributed by atoms with Crippen molar-refractivity contribution in [2.75, 3.05) is 13.2 Å². The molecule has 0 saturated heterocycles. The molecule has 0 heterocycles. The number of esters is 3. The number of rotatable bonds is 44. The second kappa shape index (κ2) is 51.4. The van der Waals surface area contributed by atoms with Crippen molar-refractivity contribution in [3.05, 3.63) is 122 Å². The summed E-state index contributed by atoms with van der Waals surface area (Å²) in [6.45, 7) is 6.26. The summed E-state index contributed by atoms with van der Waals surface area (Å²) >= 11 is 0. The Balaban J connectivity index is 4.55. The van der Waals surface area contributed by atoms with Gasteiger partial charge in [-0.25, -0.2) is 0 Å². The van der Waals surface area contributed by atoms with Crippen molar-refractivity contribution in [1.29, 1.82) is 0 Å². The lowest BCUT2D eigenvalue weighted by Gasteiger charge is -2.18. The number of hydrogen-bond donors (Lipinski definition) is 0. The minimum atomic E-state index is -0.834. The van der Waals surface area contributed by atoms with Gasteiger partial charge in [-0.1, -0.05) is 194 Å². The quantitative estimate of drug-likeness (QED) is 0.0262. The molecule has 1 atom stereocenters. The lowest BCUT2D eigenvalue weighted by Crippen LogP contribution is -2.30.